The number of carbonyl (C=O) groups excluding carboxylic acids is 1. The fourth-order valence-corrected chi connectivity index (χ4v) is 4.29. The van der Waals surface area contributed by atoms with Crippen molar-refractivity contribution >= 4 is 5.91 Å². The van der Waals surface area contributed by atoms with E-state index in [0.717, 1.165) is 43.7 Å². The van der Waals surface area contributed by atoms with Crippen molar-refractivity contribution in [1.29, 1.82) is 0 Å². The summed E-state index contributed by atoms with van der Waals surface area (Å²) in [7, 11) is 2.28. The number of likely N-dealkylation sites (tertiary alicyclic amines) is 1. The monoisotopic (exact) mass is 331 g/mol. The second-order valence-corrected chi connectivity index (χ2v) is 8.50. The zero-order valence-electron chi connectivity index (χ0n) is 15.1. The second kappa shape index (κ2) is 5.87. The number of amides is 1. The highest BCUT2D eigenvalue weighted by atomic mass is 16.5. The maximum absolute atomic E-state index is 12.6. The van der Waals surface area contributed by atoms with E-state index in [1.54, 1.807) is 0 Å². The molecule has 4 rings (SSSR count). The van der Waals surface area contributed by atoms with Crippen LogP contribution in [0.5, 0.6) is 0 Å². The summed E-state index contributed by atoms with van der Waals surface area (Å²) in [6, 6.07) is 2.66. The standard InChI is InChI=1S/C19H29N3O2/c1-13(2)17-10-16(20-24-17)18(23)22-8-6-19(7-9-22)11-14(19)12-21(3)15-4-5-15/h10,13-15H,4-9,11-12H2,1-3H3. The molecule has 1 unspecified atom stereocenters. The third kappa shape index (κ3) is 2.99. The van der Waals surface area contributed by atoms with Gasteiger partial charge in [-0.3, -0.25) is 4.79 Å². The van der Waals surface area contributed by atoms with Crippen LogP contribution in [0.25, 0.3) is 0 Å². The average Bonchev–Trinajstić information content (AvgIpc) is 3.46. The summed E-state index contributed by atoms with van der Waals surface area (Å²) in [5.41, 5.74) is 0.989. The van der Waals surface area contributed by atoms with Crippen molar-refractivity contribution in [3.05, 3.63) is 17.5 Å². The summed E-state index contributed by atoms with van der Waals surface area (Å²) in [6.07, 6.45) is 6.42. The molecule has 1 saturated heterocycles. The molecule has 3 aliphatic rings. The summed E-state index contributed by atoms with van der Waals surface area (Å²) in [5, 5.41) is 3.97. The van der Waals surface area contributed by atoms with E-state index < -0.39 is 0 Å². The lowest BCUT2D eigenvalue weighted by Gasteiger charge is -2.33. The Morgan fingerprint density at radius 3 is 2.71 bits per heavy atom. The van der Waals surface area contributed by atoms with E-state index in [-0.39, 0.29) is 11.8 Å². The molecule has 1 aromatic heterocycles. The van der Waals surface area contributed by atoms with Crippen molar-refractivity contribution in [1.82, 2.24) is 15.0 Å². The minimum atomic E-state index is 0.0350. The number of carbonyl (C=O) groups is 1. The quantitative estimate of drug-likeness (QED) is 0.832. The van der Waals surface area contributed by atoms with Gasteiger partial charge in [0.05, 0.1) is 0 Å². The summed E-state index contributed by atoms with van der Waals surface area (Å²) in [5.74, 6) is 1.93. The van der Waals surface area contributed by atoms with Crippen LogP contribution >= 0.6 is 0 Å². The number of rotatable bonds is 5. The van der Waals surface area contributed by atoms with Crippen LogP contribution < -0.4 is 0 Å². The third-order valence-corrected chi connectivity index (χ3v) is 6.40. The molecule has 132 valence electrons. The first-order valence-corrected chi connectivity index (χ1v) is 9.45. The van der Waals surface area contributed by atoms with Crippen molar-refractivity contribution in [2.75, 3.05) is 26.7 Å². The first kappa shape index (κ1) is 16.1. The van der Waals surface area contributed by atoms with Gasteiger partial charge in [-0.1, -0.05) is 19.0 Å². The van der Waals surface area contributed by atoms with Gasteiger partial charge in [-0.05, 0) is 50.5 Å². The summed E-state index contributed by atoms with van der Waals surface area (Å²) in [4.78, 5) is 17.1. The zero-order chi connectivity index (χ0) is 16.9. The van der Waals surface area contributed by atoms with E-state index in [1.165, 1.54) is 25.8 Å². The predicted octanol–water partition coefficient (Wildman–Crippen LogP) is 3.13. The Morgan fingerprint density at radius 1 is 1.42 bits per heavy atom. The Morgan fingerprint density at radius 2 is 2.12 bits per heavy atom. The fourth-order valence-electron chi connectivity index (χ4n) is 4.29. The van der Waals surface area contributed by atoms with Gasteiger partial charge in [-0.25, -0.2) is 0 Å². The number of hydrogen-bond donors (Lipinski definition) is 0. The van der Waals surface area contributed by atoms with Gasteiger partial charge in [0.25, 0.3) is 5.91 Å². The molecule has 0 N–H and O–H groups in total. The van der Waals surface area contributed by atoms with Crippen LogP contribution in [-0.2, 0) is 0 Å². The Hall–Kier alpha value is -1.36. The Labute approximate surface area is 144 Å². The van der Waals surface area contributed by atoms with Gasteiger partial charge in [-0.2, -0.15) is 0 Å². The molecule has 5 heteroatoms. The number of nitrogens with zero attached hydrogens (tertiary/aromatic N) is 3. The molecule has 0 aromatic carbocycles. The number of piperidine rings is 1. The van der Waals surface area contributed by atoms with Crippen molar-refractivity contribution in [2.24, 2.45) is 11.3 Å². The van der Waals surface area contributed by atoms with Gasteiger partial charge in [0.15, 0.2) is 5.69 Å². The number of aromatic nitrogens is 1. The van der Waals surface area contributed by atoms with E-state index in [0.29, 0.717) is 11.1 Å². The molecule has 1 atom stereocenters. The van der Waals surface area contributed by atoms with Gasteiger partial charge < -0.3 is 14.3 Å². The summed E-state index contributed by atoms with van der Waals surface area (Å²) < 4.78 is 5.28. The molecular formula is C19H29N3O2. The van der Waals surface area contributed by atoms with E-state index in [4.69, 9.17) is 4.52 Å². The topological polar surface area (TPSA) is 49.6 Å². The molecule has 1 amide bonds. The smallest absolute Gasteiger partial charge is 0.276 e. The molecular weight excluding hydrogens is 302 g/mol. The van der Waals surface area contributed by atoms with Crippen LogP contribution in [0, 0.1) is 11.3 Å². The van der Waals surface area contributed by atoms with Crippen LogP contribution in [0.4, 0.5) is 0 Å². The van der Waals surface area contributed by atoms with Crippen LogP contribution in [0.2, 0.25) is 0 Å². The van der Waals surface area contributed by atoms with Gasteiger partial charge >= 0.3 is 0 Å². The molecule has 0 bridgehead atoms. The molecule has 1 spiro atoms. The lowest BCUT2D eigenvalue weighted by atomic mass is 9.90. The van der Waals surface area contributed by atoms with Crippen molar-refractivity contribution < 1.29 is 9.32 Å². The first-order valence-electron chi connectivity index (χ1n) is 9.45. The van der Waals surface area contributed by atoms with Crippen LogP contribution in [0.3, 0.4) is 0 Å². The summed E-state index contributed by atoms with van der Waals surface area (Å²) >= 11 is 0. The summed E-state index contributed by atoms with van der Waals surface area (Å²) in [6.45, 7) is 7.08. The fraction of sp³-hybridized carbons (Fsp3) is 0.789. The zero-order valence-corrected chi connectivity index (χ0v) is 15.1. The van der Waals surface area contributed by atoms with Gasteiger partial charge in [0, 0.05) is 37.7 Å². The van der Waals surface area contributed by atoms with Gasteiger partial charge in [0.1, 0.15) is 5.76 Å². The molecule has 2 aliphatic carbocycles. The normalized spacial score (nSPS) is 25.7. The van der Waals surface area contributed by atoms with Crippen LogP contribution in [0.1, 0.15) is 68.1 Å². The molecule has 3 fully saturated rings. The molecule has 2 saturated carbocycles. The lowest BCUT2D eigenvalue weighted by Crippen LogP contribution is -2.40. The Balaban J connectivity index is 1.30. The maximum atomic E-state index is 12.6. The largest absolute Gasteiger partial charge is 0.360 e. The SMILES string of the molecule is CC(C)c1cc(C(=O)N2CCC3(CC2)CC3CN(C)C2CC2)no1. The van der Waals surface area contributed by atoms with E-state index in [1.807, 2.05) is 24.8 Å². The number of hydrogen-bond acceptors (Lipinski definition) is 4. The molecule has 0 radical (unpaired) electrons. The molecule has 1 aliphatic heterocycles. The Bertz CT molecular complexity index is 612. The lowest BCUT2D eigenvalue weighted by molar-refractivity contribution is 0.0654. The predicted molar refractivity (Wildman–Crippen MR) is 91.9 cm³/mol. The molecule has 5 nitrogen and oxygen atoms in total. The van der Waals surface area contributed by atoms with Crippen LogP contribution in [-0.4, -0.2) is 53.6 Å². The molecule has 24 heavy (non-hydrogen) atoms. The van der Waals surface area contributed by atoms with Crippen molar-refractivity contribution in [2.45, 2.75) is 57.9 Å². The van der Waals surface area contributed by atoms with Gasteiger partial charge in [0.2, 0.25) is 0 Å². The maximum Gasteiger partial charge on any atom is 0.276 e. The second-order valence-electron chi connectivity index (χ2n) is 8.50. The highest BCUT2D eigenvalue weighted by molar-refractivity contribution is 5.92. The van der Waals surface area contributed by atoms with Crippen molar-refractivity contribution in [3.63, 3.8) is 0 Å². The van der Waals surface area contributed by atoms with E-state index in [9.17, 15) is 4.79 Å². The van der Waals surface area contributed by atoms with Crippen LogP contribution in [0.15, 0.2) is 10.6 Å². The van der Waals surface area contributed by atoms with Crippen molar-refractivity contribution in [3.8, 4) is 0 Å². The third-order valence-electron chi connectivity index (χ3n) is 6.40. The minimum absolute atomic E-state index is 0.0350. The molecule has 1 aromatic rings. The average molecular weight is 331 g/mol. The minimum Gasteiger partial charge on any atom is -0.360 e. The first-order chi connectivity index (χ1) is 11.5. The Kier molecular flexibility index (Phi) is 3.94. The highest BCUT2D eigenvalue weighted by Gasteiger charge is 2.55. The highest BCUT2D eigenvalue weighted by Crippen LogP contribution is 2.59. The van der Waals surface area contributed by atoms with E-state index >= 15 is 0 Å². The molecule has 2 heterocycles. The van der Waals surface area contributed by atoms with Gasteiger partial charge in [-0.15, -0.1) is 0 Å². The van der Waals surface area contributed by atoms with E-state index in [2.05, 4.69) is 17.1 Å².